The predicted octanol–water partition coefficient (Wildman–Crippen LogP) is 2.69. The van der Waals surface area contributed by atoms with Crippen LogP contribution in [-0.2, 0) is 11.2 Å². The van der Waals surface area contributed by atoms with Crippen molar-refractivity contribution in [1.82, 2.24) is 0 Å². The number of nitrogens with one attached hydrogen (secondary N) is 1. The van der Waals surface area contributed by atoms with E-state index in [0.29, 0.717) is 12.1 Å². The van der Waals surface area contributed by atoms with Crippen LogP contribution in [-0.4, -0.2) is 5.91 Å². The summed E-state index contributed by atoms with van der Waals surface area (Å²) >= 11 is 0. The number of nitrogen functional groups attached to an aromatic ring is 1. The molecule has 96 valence electrons. The lowest BCUT2D eigenvalue weighted by molar-refractivity contribution is -0.118. The molecular weight excluding hydrogens is 243 g/mol. The summed E-state index contributed by atoms with van der Waals surface area (Å²) in [4.78, 5) is 12.1. The summed E-state index contributed by atoms with van der Waals surface area (Å²) < 4.78 is 13.6. The van der Waals surface area contributed by atoms with Gasteiger partial charge in [0.2, 0.25) is 5.91 Å². The number of carbonyl (C=O) groups is 1. The van der Waals surface area contributed by atoms with Crippen LogP contribution in [0.25, 0.3) is 0 Å². The fraction of sp³-hybridized carbons (Fsp3) is 0.133. The summed E-state index contributed by atoms with van der Waals surface area (Å²) in [7, 11) is 0. The van der Waals surface area contributed by atoms with E-state index in [2.05, 4.69) is 5.32 Å². The second-order valence-electron chi connectivity index (χ2n) is 4.68. The number of amides is 1. The molecule has 0 bridgehead atoms. The minimum Gasteiger partial charge on any atom is -0.399 e. The average Bonchev–Trinajstić information content (AvgIpc) is 2.34. The van der Waals surface area contributed by atoms with E-state index < -0.39 is 5.82 Å². The van der Waals surface area contributed by atoms with Crippen molar-refractivity contribution < 1.29 is 9.18 Å². The fourth-order valence-electron chi connectivity index (χ4n) is 2.35. The largest absolute Gasteiger partial charge is 0.399 e. The van der Waals surface area contributed by atoms with Gasteiger partial charge in [-0.2, -0.15) is 0 Å². The van der Waals surface area contributed by atoms with Gasteiger partial charge in [0.15, 0.2) is 0 Å². The van der Waals surface area contributed by atoms with Crippen LogP contribution in [0.1, 0.15) is 17.0 Å². The van der Waals surface area contributed by atoms with Crippen molar-refractivity contribution in [2.75, 3.05) is 11.1 Å². The van der Waals surface area contributed by atoms with Gasteiger partial charge in [0.1, 0.15) is 5.82 Å². The first-order chi connectivity index (χ1) is 9.15. The molecule has 2 aromatic carbocycles. The van der Waals surface area contributed by atoms with E-state index in [1.807, 2.05) is 24.3 Å². The monoisotopic (exact) mass is 256 g/mol. The molecule has 3 nitrogen and oxygen atoms in total. The summed E-state index contributed by atoms with van der Waals surface area (Å²) in [5.41, 5.74) is 8.18. The Kier molecular flexibility index (Phi) is 2.71. The molecule has 0 fully saturated rings. The Morgan fingerprint density at radius 1 is 1.26 bits per heavy atom. The molecule has 1 aliphatic carbocycles. The second-order valence-corrected chi connectivity index (χ2v) is 4.68. The number of nitrogens with two attached hydrogens (primary N) is 1. The van der Waals surface area contributed by atoms with E-state index in [4.69, 9.17) is 5.73 Å². The third-order valence-corrected chi connectivity index (χ3v) is 3.42. The van der Waals surface area contributed by atoms with E-state index in [0.717, 1.165) is 5.56 Å². The molecule has 1 aliphatic rings. The van der Waals surface area contributed by atoms with Crippen molar-refractivity contribution in [2.24, 2.45) is 0 Å². The number of fused-ring (bicyclic) bond motifs is 1. The highest BCUT2D eigenvalue weighted by Crippen LogP contribution is 2.35. The van der Waals surface area contributed by atoms with Gasteiger partial charge in [-0.3, -0.25) is 4.79 Å². The third-order valence-electron chi connectivity index (χ3n) is 3.42. The lowest BCUT2D eigenvalue weighted by Crippen LogP contribution is -2.30. The van der Waals surface area contributed by atoms with Crippen LogP contribution in [0, 0.1) is 5.82 Å². The molecule has 1 atom stereocenters. The van der Waals surface area contributed by atoms with Crippen molar-refractivity contribution in [3.05, 3.63) is 59.4 Å². The zero-order valence-corrected chi connectivity index (χ0v) is 10.2. The minimum absolute atomic E-state index is 0.170. The van der Waals surface area contributed by atoms with Gasteiger partial charge in [0, 0.05) is 5.69 Å². The van der Waals surface area contributed by atoms with Crippen LogP contribution >= 0.6 is 0 Å². The molecule has 0 spiro atoms. The lowest BCUT2D eigenvalue weighted by Gasteiger charge is -2.28. The number of rotatable bonds is 2. The molecule has 2 aromatic rings. The molecule has 0 aromatic heterocycles. The highest BCUT2D eigenvalue weighted by atomic mass is 19.1. The third kappa shape index (κ3) is 2.05. The molecule has 0 aliphatic heterocycles. The number of hydrogen-bond donors (Lipinski definition) is 2. The summed E-state index contributed by atoms with van der Waals surface area (Å²) in [6.45, 7) is 0. The first kappa shape index (κ1) is 11.7. The molecule has 1 unspecified atom stereocenters. The Bertz CT molecular complexity index is 654. The SMILES string of the molecule is Nc1ccc(NC(=O)C2Cc3ccccc32)c(F)c1. The van der Waals surface area contributed by atoms with E-state index in [-0.39, 0.29) is 17.5 Å². The van der Waals surface area contributed by atoms with Gasteiger partial charge in [-0.1, -0.05) is 24.3 Å². The average molecular weight is 256 g/mol. The molecule has 1 amide bonds. The van der Waals surface area contributed by atoms with Gasteiger partial charge in [-0.15, -0.1) is 0 Å². The van der Waals surface area contributed by atoms with E-state index in [1.165, 1.54) is 17.7 Å². The highest BCUT2D eigenvalue weighted by molar-refractivity contribution is 5.98. The standard InChI is InChI=1S/C15H13FN2O/c16-13-8-10(17)5-6-14(13)18-15(19)12-7-9-3-1-2-4-11(9)12/h1-6,8,12H,7,17H2,(H,18,19). The maximum Gasteiger partial charge on any atom is 0.232 e. The van der Waals surface area contributed by atoms with E-state index in [9.17, 15) is 9.18 Å². The van der Waals surface area contributed by atoms with Gasteiger partial charge >= 0.3 is 0 Å². The number of anilines is 2. The summed E-state index contributed by atoms with van der Waals surface area (Å²) in [5, 5.41) is 2.61. The van der Waals surface area contributed by atoms with E-state index in [1.54, 1.807) is 6.07 Å². The van der Waals surface area contributed by atoms with Crippen molar-refractivity contribution in [2.45, 2.75) is 12.3 Å². The Labute approximate surface area is 110 Å². The quantitative estimate of drug-likeness (QED) is 0.812. The van der Waals surface area contributed by atoms with Gasteiger partial charge < -0.3 is 11.1 Å². The van der Waals surface area contributed by atoms with Crippen LogP contribution in [0.15, 0.2) is 42.5 Å². The van der Waals surface area contributed by atoms with Crippen LogP contribution in [0.2, 0.25) is 0 Å². The Balaban J connectivity index is 1.77. The lowest BCUT2D eigenvalue weighted by atomic mass is 9.77. The van der Waals surface area contributed by atoms with Crippen molar-refractivity contribution in [1.29, 1.82) is 0 Å². The summed E-state index contributed by atoms with van der Waals surface area (Å²) in [6.07, 6.45) is 0.707. The molecule has 0 saturated carbocycles. The maximum atomic E-state index is 13.6. The molecule has 3 rings (SSSR count). The molecule has 19 heavy (non-hydrogen) atoms. The van der Waals surface area contributed by atoms with Crippen LogP contribution < -0.4 is 11.1 Å². The first-order valence-corrected chi connectivity index (χ1v) is 6.09. The molecule has 0 heterocycles. The molecule has 0 radical (unpaired) electrons. The zero-order chi connectivity index (χ0) is 13.4. The number of benzene rings is 2. The molecule has 0 saturated heterocycles. The van der Waals surface area contributed by atoms with Gasteiger partial charge in [0.05, 0.1) is 11.6 Å². The number of halogens is 1. The summed E-state index contributed by atoms with van der Waals surface area (Å²) in [6, 6.07) is 12.0. The van der Waals surface area contributed by atoms with Gasteiger partial charge in [-0.25, -0.2) is 4.39 Å². The molecular formula is C15H13FN2O. The number of carbonyl (C=O) groups excluding carboxylic acids is 1. The first-order valence-electron chi connectivity index (χ1n) is 6.09. The maximum absolute atomic E-state index is 13.6. The minimum atomic E-state index is -0.513. The van der Waals surface area contributed by atoms with Gasteiger partial charge in [-0.05, 0) is 35.7 Å². The smallest absolute Gasteiger partial charge is 0.232 e. The van der Waals surface area contributed by atoms with Crippen molar-refractivity contribution in [3.63, 3.8) is 0 Å². The van der Waals surface area contributed by atoms with Crippen molar-refractivity contribution in [3.8, 4) is 0 Å². The summed E-state index contributed by atoms with van der Waals surface area (Å²) in [5.74, 6) is -0.878. The van der Waals surface area contributed by atoms with Crippen LogP contribution in [0.5, 0.6) is 0 Å². The van der Waals surface area contributed by atoms with Gasteiger partial charge in [0.25, 0.3) is 0 Å². The van der Waals surface area contributed by atoms with Crippen LogP contribution in [0.4, 0.5) is 15.8 Å². The normalized spacial score (nSPS) is 16.4. The second kappa shape index (κ2) is 4.39. The Morgan fingerprint density at radius 3 is 2.79 bits per heavy atom. The molecule has 4 heteroatoms. The predicted molar refractivity (Wildman–Crippen MR) is 72.3 cm³/mol. The Hall–Kier alpha value is -2.36. The zero-order valence-electron chi connectivity index (χ0n) is 10.2. The highest BCUT2D eigenvalue weighted by Gasteiger charge is 2.31. The molecule has 3 N–H and O–H groups in total. The Morgan fingerprint density at radius 2 is 2.05 bits per heavy atom. The fourth-order valence-corrected chi connectivity index (χ4v) is 2.35. The van der Waals surface area contributed by atoms with E-state index >= 15 is 0 Å². The van der Waals surface area contributed by atoms with Crippen LogP contribution in [0.3, 0.4) is 0 Å². The van der Waals surface area contributed by atoms with Crippen molar-refractivity contribution >= 4 is 17.3 Å². The number of hydrogen-bond acceptors (Lipinski definition) is 2. The topological polar surface area (TPSA) is 55.1 Å².